The van der Waals surface area contributed by atoms with Gasteiger partial charge < -0.3 is 4.74 Å². The van der Waals surface area contributed by atoms with E-state index in [0.717, 1.165) is 12.1 Å². The molecular formula is C10H7F5O. The van der Waals surface area contributed by atoms with Gasteiger partial charge in [0.1, 0.15) is 5.75 Å². The topological polar surface area (TPSA) is 9.23 Å². The third kappa shape index (κ3) is 1.52. The van der Waals surface area contributed by atoms with E-state index in [4.69, 9.17) is 0 Å². The number of fused-ring (bicyclic) bond motifs is 1. The Morgan fingerprint density at radius 3 is 2.44 bits per heavy atom. The lowest BCUT2D eigenvalue weighted by Crippen LogP contribution is -2.43. The van der Waals surface area contributed by atoms with Gasteiger partial charge in [-0.2, -0.15) is 17.6 Å². The zero-order valence-corrected chi connectivity index (χ0v) is 7.89. The summed E-state index contributed by atoms with van der Waals surface area (Å²) in [5, 5.41) is 0. The van der Waals surface area contributed by atoms with Gasteiger partial charge in [0.15, 0.2) is 6.61 Å². The number of ether oxygens (including phenoxy) is 1. The van der Waals surface area contributed by atoms with Crippen LogP contribution in [0.5, 0.6) is 5.75 Å². The summed E-state index contributed by atoms with van der Waals surface area (Å²) in [5.41, 5.74) is -0.848. The highest BCUT2D eigenvalue weighted by Crippen LogP contribution is 2.46. The quantitative estimate of drug-likeness (QED) is 0.631. The predicted molar refractivity (Wildman–Crippen MR) is 45.7 cm³/mol. The van der Waals surface area contributed by atoms with Crippen LogP contribution in [0.2, 0.25) is 0 Å². The first-order valence-electron chi connectivity index (χ1n) is 4.48. The highest BCUT2D eigenvalue weighted by Gasteiger charge is 2.59. The van der Waals surface area contributed by atoms with Crippen molar-refractivity contribution in [1.82, 2.24) is 0 Å². The Hall–Kier alpha value is -1.33. The fraction of sp³-hybridized carbons (Fsp3) is 0.400. The van der Waals surface area contributed by atoms with Crippen LogP contribution in [-0.2, 0) is 5.92 Å². The maximum absolute atomic E-state index is 13.4. The van der Waals surface area contributed by atoms with E-state index in [2.05, 4.69) is 4.74 Å². The van der Waals surface area contributed by atoms with Crippen LogP contribution in [0.15, 0.2) is 24.3 Å². The van der Waals surface area contributed by atoms with Gasteiger partial charge in [-0.15, -0.1) is 0 Å². The number of rotatable bonds is 0. The Bertz CT molecular complexity index is 404. The molecule has 0 amide bonds. The third-order valence-electron chi connectivity index (χ3n) is 2.36. The van der Waals surface area contributed by atoms with Gasteiger partial charge in [0.2, 0.25) is 6.17 Å². The molecule has 1 aliphatic heterocycles. The fourth-order valence-corrected chi connectivity index (χ4v) is 1.52. The molecule has 1 aromatic carbocycles. The Morgan fingerprint density at radius 2 is 1.75 bits per heavy atom. The predicted octanol–water partition coefficient (Wildman–Crippen LogP) is 3.14. The molecule has 0 bridgehead atoms. The van der Waals surface area contributed by atoms with E-state index in [1.165, 1.54) is 12.1 Å². The summed E-state index contributed by atoms with van der Waals surface area (Å²) in [6.45, 7) is -1.39. The number of alkyl halides is 5. The molecule has 16 heavy (non-hydrogen) atoms. The molecular weight excluding hydrogens is 231 g/mol. The molecule has 0 saturated carbocycles. The Kier molecular flexibility index (Phi) is 2.32. The maximum atomic E-state index is 13.4. The zero-order valence-electron chi connectivity index (χ0n) is 7.89. The Labute approximate surface area is 87.8 Å². The lowest BCUT2D eigenvalue weighted by Gasteiger charge is -2.23. The Morgan fingerprint density at radius 1 is 1.12 bits per heavy atom. The molecule has 1 unspecified atom stereocenters. The lowest BCUT2D eigenvalue weighted by molar-refractivity contribution is -0.188. The lowest BCUT2D eigenvalue weighted by atomic mass is 10.0. The van der Waals surface area contributed by atoms with Crippen LogP contribution in [0.25, 0.3) is 0 Å². The molecule has 0 spiro atoms. The average Bonchev–Trinajstić information content (AvgIpc) is 2.30. The maximum Gasteiger partial charge on any atom is 0.318 e. The minimum atomic E-state index is -4.25. The standard InChI is InChI=1S/C10H7F5O/c11-8-9(12,13)5-16-7-4-2-1-3-6(7)10(8,14)15/h1-4,8H,5H2. The number of halogens is 5. The van der Waals surface area contributed by atoms with Crippen LogP contribution < -0.4 is 4.74 Å². The first-order valence-corrected chi connectivity index (χ1v) is 4.48. The molecule has 1 heterocycles. The number of benzene rings is 1. The van der Waals surface area contributed by atoms with Gasteiger partial charge >= 0.3 is 11.8 Å². The normalized spacial score (nSPS) is 26.4. The van der Waals surface area contributed by atoms with Gasteiger partial charge in [-0.25, -0.2) is 4.39 Å². The van der Waals surface area contributed by atoms with Crippen LogP contribution in [0, 0.1) is 0 Å². The van der Waals surface area contributed by atoms with Crippen molar-refractivity contribution >= 4 is 0 Å². The SMILES string of the molecule is FC1C(F)(F)COc2ccccc2C1(F)F. The van der Waals surface area contributed by atoms with Crippen molar-refractivity contribution in [2.24, 2.45) is 0 Å². The van der Waals surface area contributed by atoms with E-state index in [0.29, 0.717) is 0 Å². The van der Waals surface area contributed by atoms with Crippen molar-refractivity contribution in [2.45, 2.75) is 18.0 Å². The summed E-state index contributed by atoms with van der Waals surface area (Å²) in [5.74, 6) is -8.87. The van der Waals surface area contributed by atoms with Crippen molar-refractivity contribution in [3.63, 3.8) is 0 Å². The zero-order chi connectivity index (χ0) is 12.0. The third-order valence-corrected chi connectivity index (χ3v) is 2.36. The van der Waals surface area contributed by atoms with Crippen molar-refractivity contribution in [1.29, 1.82) is 0 Å². The molecule has 1 aromatic rings. The minimum absolute atomic E-state index is 0.410. The van der Waals surface area contributed by atoms with E-state index < -0.39 is 35.9 Å². The summed E-state index contributed by atoms with van der Waals surface area (Å²) in [6, 6.07) is 4.55. The molecule has 1 atom stereocenters. The second kappa shape index (κ2) is 3.33. The first kappa shape index (κ1) is 11.2. The summed E-state index contributed by atoms with van der Waals surface area (Å²) < 4.78 is 70.3. The minimum Gasteiger partial charge on any atom is -0.487 e. The number of para-hydroxylation sites is 1. The van der Waals surface area contributed by atoms with Gasteiger partial charge in [-0.3, -0.25) is 0 Å². The van der Waals surface area contributed by atoms with E-state index >= 15 is 0 Å². The monoisotopic (exact) mass is 238 g/mol. The second-order valence-corrected chi connectivity index (χ2v) is 3.53. The molecule has 0 aromatic heterocycles. The van der Waals surface area contributed by atoms with Crippen LogP contribution >= 0.6 is 0 Å². The fourth-order valence-electron chi connectivity index (χ4n) is 1.52. The molecule has 1 nitrogen and oxygen atoms in total. The largest absolute Gasteiger partial charge is 0.487 e. The first-order chi connectivity index (χ1) is 7.36. The average molecular weight is 238 g/mol. The molecule has 88 valence electrons. The highest BCUT2D eigenvalue weighted by atomic mass is 19.3. The van der Waals surface area contributed by atoms with Gasteiger partial charge in [-0.05, 0) is 12.1 Å². The number of hydrogen-bond acceptors (Lipinski definition) is 1. The Balaban J connectivity index is 2.55. The molecule has 1 aliphatic rings. The summed E-state index contributed by atoms with van der Waals surface area (Å²) in [4.78, 5) is 0. The van der Waals surface area contributed by atoms with Crippen molar-refractivity contribution < 1.29 is 26.7 Å². The van der Waals surface area contributed by atoms with E-state index in [9.17, 15) is 22.0 Å². The van der Waals surface area contributed by atoms with Crippen LogP contribution in [-0.4, -0.2) is 18.7 Å². The van der Waals surface area contributed by atoms with Gasteiger partial charge in [0.25, 0.3) is 0 Å². The molecule has 2 rings (SSSR count). The van der Waals surface area contributed by atoms with Crippen molar-refractivity contribution in [3.8, 4) is 5.75 Å². The van der Waals surface area contributed by atoms with Gasteiger partial charge in [0, 0.05) is 0 Å². The molecule has 0 saturated heterocycles. The number of hydrogen-bond donors (Lipinski definition) is 0. The van der Waals surface area contributed by atoms with Crippen LogP contribution in [0.1, 0.15) is 5.56 Å². The molecule has 6 heteroatoms. The molecule has 0 aliphatic carbocycles. The smallest absolute Gasteiger partial charge is 0.318 e. The second-order valence-electron chi connectivity index (χ2n) is 3.53. The summed E-state index contributed by atoms with van der Waals surface area (Å²) in [7, 11) is 0. The highest BCUT2D eigenvalue weighted by molar-refractivity contribution is 5.39. The van der Waals surface area contributed by atoms with Crippen molar-refractivity contribution in [3.05, 3.63) is 29.8 Å². The van der Waals surface area contributed by atoms with Crippen LogP contribution in [0.4, 0.5) is 22.0 Å². The molecule has 0 radical (unpaired) electrons. The molecule has 0 fully saturated rings. The van der Waals surface area contributed by atoms with E-state index in [-0.39, 0.29) is 0 Å². The van der Waals surface area contributed by atoms with E-state index in [1.807, 2.05) is 0 Å². The van der Waals surface area contributed by atoms with Crippen LogP contribution in [0.3, 0.4) is 0 Å². The van der Waals surface area contributed by atoms with E-state index in [1.54, 1.807) is 0 Å². The van der Waals surface area contributed by atoms with Crippen molar-refractivity contribution in [2.75, 3.05) is 6.61 Å². The molecule has 0 N–H and O–H groups in total. The van der Waals surface area contributed by atoms with Gasteiger partial charge in [-0.1, -0.05) is 12.1 Å². The van der Waals surface area contributed by atoms with Gasteiger partial charge in [0.05, 0.1) is 5.56 Å². The summed E-state index contributed by atoms with van der Waals surface area (Å²) in [6.07, 6.45) is -3.58. The summed E-state index contributed by atoms with van der Waals surface area (Å²) >= 11 is 0.